The van der Waals surface area contributed by atoms with E-state index in [1.165, 1.54) is 0 Å². The maximum absolute atomic E-state index is 11.8. The van der Waals surface area contributed by atoms with Crippen LogP contribution in [0, 0.1) is 11.3 Å². The molecule has 0 aromatic rings. The van der Waals surface area contributed by atoms with Crippen LogP contribution >= 0.6 is 0 Å². The Balaban J connectivity index is 1.72. The van der Waals surface area contributed by atoms with Gasteiger partial charge in [0.1, 0.15) is 0 Å². The minimum Gasteiger partial charge on any atom is -0.480 e. The molecule has 2 aliphatic rings. The first kappa shape index (κ1) is 13.3. The second-order valence-electron chi connectivity index (χ2n) is 4.98. The molecule has 6 heteroatoms. The predicted molar refractivity (Wildman–Crippen MR) is 62.1 cm³/mol. The first-order valence-electron chi connectivity index (χ1n) is 6.32. The van der Waals surface area contributed by atoms with Gasteiger partial charge >= 0.3 is 5.97 Å². The van der Waals surface area contributed by atoms with Crippen LogP contribution in [0.4, 0.5) is 0 Å². The highest BCUT2D eigenvalue weighted by Gasteiger charge is 2.53. The van der Waals surface area contributed by atoms with Crippen molar-refractivity contribution >= 4 is 11.9 Å². The molecule has 102 valence electrons. The molecule has 0 aliphatic carbocycles. The number of amides is 1. The van der Waals surface area contributed by atoms with Crippen molar-refractivity contribution in [2.75, 3.05) is 33.0 Å². The Morgan fingerprint density at radius 3 is 2.39 bits per heavy atom. The number of ether oxygens (including phenoxy) is 2. The molecule has 0 unspecified atom stereocenters. The summed E-state index contributed by atoms with van der Waals surface area (Å²) in [5, 5.41) is 11.8. The molecule has 0 radical (unpaired) electrons. The Hall–Kier alpha value is -1.14. The molecule has 0 spiro atoms. The van der Waals surface area contributed by atoms with Crippen LogP contribution in [0.1, 0.15) is 19.3 Å². The standard InChI is InChI=1S/C12H19NO5/c14-10(12(11(15)16)7-18-8-12)13-4-1-9-2-5-17-6-3-9/h9H,1-8H2,(H,13,14)(H,15,16). The monoisotopic (exact) mass is 257 g/mol. The lowest BCUT2D eigenvalue weighted by Gasteiger charge is -2.35. The third-order valence-electron chi connectivity index (χ3n) is 3.72. The summed E-state index contributed by atoms with van der Waals surface area (Å²) in [4.78, 5) is 22.9. The van der Waals surface area contributed by atoms with Crippen molar-refractivity contribution in [2.24, 2.45) is 11.3 Å². The SMILES string of the molecule is O=C(O)C1(C(=O)NCCC2CCOCC2)COC1. The second-order valence-corrected chi connectivity index (χ2v) is 4.98. The van der Waals surface area contributed by atoms with Gasteiger partial charge in [-0.1, -0.05) is 0 Å². The summed E-state index contributed by atoms with van der Waals surface area (Å²) in [6.07, 6.45) is 2.91. The fraction of sp³-hybridized carbons (Fsp3) is 0.833. The number of rotatable bonds is 5. The summed E-state index contributed by atoms with van der Waals surface area (Å²) in [7, 11) is 0. The van der Waals surface area contributed by atoms with Crippen LogP contribution in [0.2, 0.25) is 0 Å². The maximum Gasteiger partial charge on any atom is 0.324 e. The Kier molecular flexibility index (Phi) is 4.19. The molecule has 2 N–H and O–H groups in total. The molecule has 2 saturated heterocycles. The van der Waals surface area contributed by atoms with E-state index in [4.69, 9.17) is 14.6 Å². The van der Waals surface area contributed by atoms with Crippen molar-refractivity contribution < 1.29 is 24.2 Å². The lowest BCUT2D eigenvalue weighted by molar-refractivity contribution is -0.185. The zero-order chi connectivity index (χ0) is 13.0. The fourth-order valence-electron chi connectivity index (χ4n) is 2.25. The van der Waals surface area contributed by atoms with Gasteiger partial charge in [0.25, 0.3) is 0 Å². The van der Waals surface area contributed by atoms with Gasteiger partial charge in [0.15, 0.2) is 5.41 Å². The van der Waals surface area contributed by atoms with Crippen LogP contribution in [0.3, 0.4) is 0 Å². The third-order valence-corrected chi connectivity index (χ3v) is 3.72. The van der Waals surface area contributed by atoms with E-state index in [1.54, 1.807) is 0 Å². The van der Waals surface area contributed by atoms with Crippen molar-refractivity contribution in [2.45, 2.75) is 19.3 Å². The van der Waals surface area contributed by atoms with Crippen LogP contribution in [-0.4, -0.2) is 50.0 Å². The molecule has 18 heavy (non-hydrogen) atoms. The Bertz CT molecular complexity index is 320. The number of carboxylic acids is 1. The van der Waals surface area contributed by atoms with Gasteiger partial charge in [-0.2, -0.15) is 0 Å². The maximum atomic E-state index is 11.8. The van der Waals surface area contributed by atoms with Crippen LogP contribution in [0.5, 0.6) is 0 Å². The molecule has 0 aromatic carbocycles. The van der Waals surface area contributed by atoms with Gasteiger partial charge in [0.05, 0.1) is 13.2 Å². The van der Waals surface area contributed by atoms with E-state index in [0.717, 1.165) is 32.5 Å². The average molecular weight is 257 g/mol. The van der Waals surface area contributed by atoms with Crippen LogP contribution in [0.25, 0.3) is 0 Å². The number of hydrogen-bond acceptors (Lipinski definition) is 4. The lowest BCUT2D eigenvalue weighted by atomic mass is 9.85. The second kappa shape index (κ2) is 5.67. The van der Waals surface area contributed by atoms with Gasteiger partial charge in [-0.05, 0) is 25.2 Å². The van der Waals surface area contributed by atoms with E-state index in [9.17, 15) is 9.59 Å². The Morgan fingerprint density at radius 2 is 1.89 bits per heavy atom. The summed E-state index contributed by atoms with van der Waals surface area (Å²) in [6, 6.07) is 0. The van der Waals surface area contributed by atoms with Crippen molar-refractivity contribution in [3.8, 4) is 0 Å². The normalized spacial score (nSPS) is 23.1. The van der Waals surface area contributed by atoms with E-state index >= 15 is 0 Å². The summed E-state index contributed by atoms with van der Waals surface area (Å²) in [5.74, 6) is -0.955. The first-order valence-corrected chi connectivity index (χ1v) is 6.32. The minimum absolute atomic E-state index is 0.0224. The Morgan fingerprint density at radius 1 is 1.22 bits per heavy atom. The van der Waals surface area contributed by atoms with Crippen molar-refractivity contribution in [1.82, 2.24) is 5.32 Å². The number of nitrogens with one attached hydrogen (secondary N) is 1. The quantitative estimate of drug-likeness (QED) is 0.678. The molecular formula is C12H19NO5. The highest BCUT2D eigenvalue weighted by Crippen LogP contribution is 2.28. The largest absolute Gasteiger partial charge is 0.480 e. The molecule has 0 atom stereocenters. The van der Waals surface area contributed by atoms with Gasteiger partial charge in [0, 0.05) is 19.8 Å². The Labute approximate surface area is 106 Å². The third kappa shape index (κ3) is 2.64. The van der Waals surface area contributed by atoms with Crippen molar-refractivity contribution in [1.29, 1.82) is 0 Å². The van der Waals surface area contributed by atoms with E-state index < -0.39 is 17.3 Å². The summed E-state index contributed by atoms with van der Waals surface area (Å²) in [6.45, 7) is 2.05. The average Bonchev–Trinajstić information content (AvgIpc) is 2.28. The zero-order valence-electron chi connectivity index (χ0n) is 10.3. The van der Waals surface area contributed by atoms with Gasteiger partial charge in [0.2, 0.25) is 5.91 Å². The van der Waals surface area contributed by atoms with Crippen LogP contribution in [-0.2, 0) is 19.1 Å². The first-order chi connectivity index (χ1) is 8.65. The zero-order valence-corrected chi connectivity index (χ0v) is 10.3. The molecule has 2 fully saturated rings. The molecule has 0 saturated carbocycles. The van der Waals surface area contributed by atoms with Gasteiger partial charge < -0.3 is 19.9 Å². The van der Waals surface area contributed by atoms with Gasteiger partial charge in [-0.3, -0.25) is 9.59 Å². The molecule has 6 nitrogen and oxygen atoms in total. The molecular weight excluding hydrogens is 238 g/mol. The highest BCUT2D eigenvalue weighted by molar-refractivity contribution is 6.03. The highest BCUT2D eigenvalue weighted by atomic mass is 16.5. The van der Waals surface area contributed by atoms with Gasteiger partial charge in [-0.25, -0.2) is 0 Å². The molecule has 1 amide bonds. The van der Waals surface area contributed by atoms with E-state index in [1.807, 2.05) is 0 Å². The smallest absolute Gasteiger partial charge is 0.324 e. The molecule has 2 rings (SSSR count). The number of carbonyl (C=O) groups is 2. The van der Waals surface area contributed by atoms with Crippen LogP contribution < -0.4 is 5.32 Å². The minimum atomic E-state index is -1.35. The van der Waals surface area contributed by atoms with E-state index in [-0.39, 0.29) is 13.2 Å². The van der Waals surface area contributed by atoms with E-state index in [0.29, 0.717) is 12.5 Å². The number of carbonyl (C=O) groups excluding carboxylic acids is 1. The van der Waals surface area contributed by atoms with Crippen molar-refractivity contribution in [3.05, 3.63) is 0 Å². The molecule has 2 heterocycles. The molecule has 0 aromatic heterocycles. The van der Waals surface area contributed by atoms with Crippen molar-refractivity contribution in [3.63, 3.8) is 0 Å². The lowest BCUT2D eigenvalue weighted by Crippen LogP contribution is -2.59. The number of hydrogen-bond donors (Lipinski definition) is 2. The molecule has 0 bridgehead atoms. The van der Waals surface area contributed by atoms with Gasteiger partial charge in [-0.15, -0.1) is 0 Å². The van der Waals surface area contributed by atoms with E-state index in [2.05, 4.69) is 5.32 Å². The summed E-state index contributed by atoms with van der Waals surface area (Å²) >= 11 is 0. The summed E-state index contributed by atoms with van der Waals surface area (Å²) in [5.41, 5.74) is -1.35. The summed E-state index contributed by atoms with van der Waals surface area (Å²) < 4.78 is 10.1. The fourth-order valence-corrected chi connectivity index (χ4v) is 2.25. The van der Waals surface area contributed by atoms with Crippen LogP contribution in [0.15, 0.2) is 0 Å². The topological polar surface area (TPSA) is 84.9 Å². The number of aliphatic carboxylic acids is 1. The predicted octanol–water partition coefficient (Wildman–Crippen LogP) is 0.0205. The molecule has 2 aliphatic heterocycles. The number of carboxylic acid groups (broad SMARTS) is 1.